The molecule has 0 saturated heterocycles. The molecule has 0 nitrogen and oxygen atoms in total. The predicted octanol–water partition coefficient (Wildman–Crippen LogP) is 3.86. The summed E-state index contributed by atoms with van der Waals surface area (Å²) in [6.07, 6.45) is 1.21. The van der Waals surface area contributed by atoms with Crippen LogP contribution in [-0.2, 0) is 5.41 Å². The van der Waals surface area contributed by atoms with Gasteiger partial charge in [-0.05, 0) is 35.4 Å². The molecule has 1 aliphatic carbocycles. The molecule has 0 amide bonds. The van der Waals surface area contributed by atoms with Crippen LogP contribution in [0.3, 0.4) is 0 Å². The Hall–Kier alpha value is -0.200. The fraction of sp³-hybridized carbons (Fsp3) is 0.455. The SMILES string of the molecule is CC1(c2ccc(Cl)cc2)CC1CCl. The highest BCUT2D eigenvalue weighted by atomic mass is 35.5. The van der Waals surface area contributed by atoms with Gasteiger partial charge in [0.25, 0.3) is 0 Å². The summed E-state index contributed by atoms with van der Waals surface area (Å²) >= 11 is 11.7. The van der Waals surface area contributed by atoms with Gasteiger partial charge in [0, 0.05) is 10.9 Å². The topological polar surface area (TPSA) is 0 Å². The minimum absolute atomic E-state index is 0.312. The standard InChI is InChI=1S/C11H12Cl2/c1-11(6-9(11)7-12)8-2-4-10(13)5-3-8/h2-5,9H,6-7H2,1H3. The number of benzene rings is 1. The van der Waals surface area contributed by atoms with Crippen LogP contribution in [0.5, 0.6) is 0 Å². The molecule has 1 aromatic rings. The molecule has 0 N–H and O–H groups in total. The molecule has 0 bridgehead atoms. The Morgan fingerprint density at radius 3 is 2.46 bits per heavy atom. The zero-order chi connectivity index (χ0) is 9.47. The third-order valence-corrected chi connectivity index (χ3v) is 3.73. The maximum atomic E-state index is 5.84. The molecule has 2 unspecified atom stereocenters. The van der Waals surface area contributed by atoms with Crippen LogP contribution in [0.4, 0.5) is 0 Å². The summed E-state index contributed by atoms with van der Waals surface area (Å²) in [5.74, 6) is 1.41. The van der Waals surface area contributed by atoms with Crippen LogP contribution in [0, 0.1) is 5.92 Å². The summed E-state index contributed by atoms with van der Waals surface area (Å²) in [4.78, 5) is 0. The van der Waals surface area contributed by atoms with E-state index in [1.807, 2.05) is 12.1 Å². The van der Waals surface area contributed by atoms with Crippen molar-refractivity contribution in [3.63, 3.8) is 0 Å². The lowest BCUT2D eigenvalue weighted by Crippen LogP contribution is -2.04. The first-order valence-corrected chi connectivity index (χ1v) is 5.40. The lowest BCUT2D eigenvalue weighted by Gasteiger charge is -2.10. The average molecular weight is 215 g/mol. The lowest BCUT2D eigenvalue weighted by molar-refractivity contribution is 0.706. The van der Waals surface area contributed by atoms with E-state index in [2.05, 4.69) is 19.1 Å². The molecule has 0 radical (unpaired) electrons. The van der Waals surface area contributed by atoms with E-state index in [4.69, 9.17) is 23.2 Å². The number of hydrogen-bond acceptors (Lipinski definition) is 0. The smallest absolute Gasteiger partial charge is 0.0406 e. The number of alkyl halides is 1. The van der Waals surface area contributed by atoms with Crippen LogP contribution in [0.15, 0.2) is 24.3 Å². The van der Waals surface area contributed by atoms with Crippen molar-refractivity contribution in [3.05, 3.63) is 34.9 Å². The molecular formula is C11H12Cl2. The summed E-state index contributed by atoms with van der Waals surface area (Å²) in [5.41, 5.74) is 1.68. The Labute approximate surface area is 88.9 Å². The van der Waals surface area contributed by atoms with E-state index in [1.54, 1.807) is 0 Å². The Bertz CT molecular complexity index is 304. The second-order valence-corrected chi connectivity index (χ2v) is 4.72. The highest BCUT2D eigenvalue weighted by molar-refractivity contribution is 6.30. The maximum Gasteiger partial charge on any atom is 0.0406 e. The zero-order valence-corrected chi connectivity index (χ0v) is 9.07. The highest BCUT2D eigenvalue weighted by Gasteiger charge is 2.50. The van der Waals surface area contributed by atoms with E-state index in [0.717, 1.165) is 10.9 Å². The van der Waals surface area contributed by atoms with Crippen molar-refractivity contribution >= 4 is 23.2 Å². The van der Waals surface area contributed by atoms with Crippen LogP contribution in [0.2, 0.25) is 5.02 Å². The molecule has 2 atom stereocenters. The van der Waals surface area contributed by atoms with Gasteiger partial charge in [-0.3, -0.25) is 0 Å². The van der Waals surface area contributed by atoms with Crippen LogP contribution in [0.25, 0.3) is 0 Å². The fourth-order valence-corrected chi connectivity index (χ4v) is 2.44. The van der Waals surface area contributed by atoms with Gasteiger partial charge in [-0.15, -0.1) is 11.6 Å². The van der Waals surface area contributed by atoms with Crippen molar-refractivity contribution in [3.8, 4) is 0 Å². The first kappa shape index (κ1) is 9.36. The molecule has 1 fully saturated rings. The van der Waals surface area contributed by atoms with Crippen molar-refractivity contribution in [2.75, 3.05) is 5.88 Å². The molecule has 13 heavy (non-hydrogen) atoms. The van der Waals surface area contributed by atoms with E-state index in [0.29, 0.717) is 11.3 Å². The van der Waals surface area contributed by atoms with Gasteiger partial charge in [0.2, 0.25) is 0 Å². The van der Waals surface area contributed by atoms with Crippen LogP contribution in [-0.4, -0.2) is 5.88 Å². The second-order valence-electron chi connectivity index (χ2n) is 3.98. The van der Waals surface area contributed by atoms with E-state index in [-0.39, 0.29) is 0 Å². The van der Waals surface area contributed by atoms with Crippen molar-refractivity contribution in [1.29, 1.82) is 0 Å². The monoisotopic (exact) mass is 214 g/mol. The quantitative estimate of drug-likeness (QED) is 0.657. The normalized spacial score (nSPS) is 31.8. The van der Waals surface area contributed by atoms with Crippen molar-refractivity contribution in [1.82, 2.24) is 0 Å². The third-order valence-electron chi connectivity index (χ3n) is 3.10. The molecule has 1 aromatic carbocycles. The Kier molecular flexibility index (Phi) is 2.29. The van der Waals surface area contributed by atoms with Crippen LogP contribution < -0.4 is 0 Å². The molecule has 1 aliphatic rings. The summed E-state index contributed by atoms with van der Waals surface area (Å²) in [5, 5.41) is 0.801. The summed E-state index contributed by atoms with van der Waals surface area (Å²) < 4.78 is 0. The molecular weight excluding hydrogens is 203 g/mol. The summed E-state index contributed by atoms with van der Waals surface area (Å²) in [7, 11) is 0. The second kappa shape index (κ2) is 3.18. The van der Waals surface area contributed by atoms with E-state index in [1.165, 1.54) is 12.0 Å². The molecule has 0 spiro atoms. The van der Waals surface area contributed by atoms with E-state index in [9.17, 15) is 0 Å². The van der Waals surface area contributed by atoms with Crippen LogP contribution in [0.1, 0.15) is 18.9 Å². The largest absolute Gasteiger partial charge is 0.126 e. The van der Waals surface area contributed by atoms with Gasteiger partial charge in [0.1, 0.15) is 0 Å². The minimum atomic E-state index is 0.312. The van der Waals surface area contributed by atoms with Gasteiger partial charge >= 0.3 is 0 Å². The summed E-state index contributed by atoms with van der Waals surface area (Å²) in [6, 6.07) is 8.11. The third kappa shape index (κ3) is 1.58. The first-order chi connectivity index (χ1) is 6.16. The van der Waals surface area contributed by atoms with Crippen molar-refractivity contribution in [2.45, 2.75) is 18.8 Å². The average Bonchev–Trinajstić information content (AvgIpc) is 2.80. The van der Waals surface area contributed by atoms with Gasteiger partial charge < -0.3 is 0 Å². The van der Waals surface area contributed by atoms with Gasteiger partial charge in [-0.2, -0.15) is 0 Å². The van der Waals surface area contributed by atoms with Crippen LogP contribution >= 0.6 is 23.2 Å². The molecule has 0 aromatic heterocycles. The molecule has 0 aliphatic heterocycles. The molecule has 0 heterocycles. The number of halogens is 2. The molecule has 2 rings (SSSR count). The Morgan fingerprint density at radius 1 is 1.38 bits per heavy atom. The molecule has 70 valence electrons. The van der Waals surface area contributed by atoms with E-state index < -0.39 is 0 Å². The Morgan fingerprint density at radius 2 is 2.00 bits per heavy atom. The van der Waals surface area contributed by atoms with Gasteiger partial charge in [0.05, 0.1) is 0 Å². The highest BCUT2D eigenvalue weighted by Crippen LogP contribution is 2.54. The van der Waals surface area contributed by atoms with E-state index >= 15 is 0 Å². The lowest BCUT2D eigenvalue weighted by atomic mass is 9.96. The summed E-state index contributed by atoms with van der Waals surface area (Å²) in [6.45, 7) is 2.27. The molecule has 2 heteroatoms. The molecule has 1 saturated carbocycles. The van der Waals surface area contributed by atoms with Gasteiger partial charge in [-0.25, -0.2) is 0 Å². The number of hydrogen-bond donors (Lipinski definition) is 0. The number of rotatable bonds is 2. The van der Waals surface area contributed by atoms with Crippen molar-refractivity contribution < 1.29 is 0 Å². The van der Waals surface area contributed by atoms with Gasteiger partial charge in [0.15, 0.2) is 0 Å². The predicted molar refractivity (Wildman–Crippen MR) is 57.6 cm³/mol. The minimum Gasteiger partial charge on any atom is -0.126 e. The Balaban J connectivity index is 2.23. The van der Waals surface area contributed by atoms with Crippen molar-refractivity contribution in [2.24, 2.45) is 5.92 Å². The first-order valence-electron chi connectivity index (χ1n) is 4.49. The van der Waals surface area contributed by atoms with Gasteiger partial charge in [-0.1, -0.05) is 30.7 Å². The zero-order valence-electron chi connectivity index (χ0n) is 7.56. The fourth-order valence-electron chi connectivity index (χ4n) is 1.86. The maximum absolute atomic E-state index is 5.84.